The van der Waals surface area contributed by atoms with Gasteiger partial charge in [-0.1, -0.05) is 90.5 Å². The van der Waals surface area contributed by atoms with Crippen LogP contribution in [0.3, 0.4) is 0 Å². The molecular weight excluding hydrogens is 1410 g/mol. The van der Waals surface area contributed by atoms with Crippen LogP contribution < -0.4 is 32.8 Å². The molecule has 4 N–H and O–H groups in total. The van der Waals surface area contributed by atoms with Crippen molar-refractivity contribution in [3.8, 4) is 0 Å². The van der Waals surface area contributed by atoms with Crippen LogP contribution in [0.1, 0.15) is 294 Å². The maximum atomic E-state index is 12.5. The van der Waals surface area contributed by atoms with Crippen molar-refractivity contribution in [1.29, 1.82) is 0 Å². The number of hydrogen-bond donors (Lipinski definition) is 4. The van der Waals surface area contributed by atoms with Crippen LogP contribution >= 0.6 is 0 Å². The highest BCUT2D eigenvalue weighted by Gasteiger charge is 2.68. The Morgan fingerprint density at radius 1 is 0.429 bits per heavy atom. The molecule has 2 saturated heterocycles. The van der Waals surface area contributed by atoms with Crippen LogP contribution in [-0.4, -0.2) is 116 Å². The van der Waals surface area contributed by atoms with Gasteiger partial charge in [0.15, 0.2) is 0 Å². The van der Waals surface area contributed by atoms with E-state index >= 15 is 0 Å². The molecule has 3 aromatic rings. The molecular formula is C94H135N5O13. The number of likely N-dealkylation sites (tertiary alicyclic amines) is 2. The van der Waals surface area contributed by atoms with Crippen molar-refractivity contribution >= 4 is 18.3 Å². The lowest BCUT2D eigenvalue weighted by molar-refractivity contribution is -0.205. The van der Waals surface area contributed by atoms with Gasteiger partial charge in [-0.05, 0) is 358 Å². The number of amides is 3. The molecule has 0 bridgehead atoms. The standard InChI is InChI=1S/C32H45NO4.C31H46N2O5.C31H44N2O4/c1-31-16-13-24(37-30(35)33-18-15-21-5-3-4-6-21)19-23(31)8-9-25-27-11-10-26(22-7-12-29(34)36-20-22)32(27,2)17-14-28(25)31;1-29-12-9-23(38-28(35)32-15-18-33-16-3-4-17-33)19-22(29)6-7-26-25(29)10-13-30(2)24(11-14-31(26,30)36)21-5-8-27(34)37-20-21;1-30-13-11-23(37-29(35)32-15-18-33-16-3-4-17-33)19-22(30)6-7-24-26-9-8-25(21-5-10-28(34)36-20-21)31(26,2)14-12-27(24)30/h7,11-12,20-21,23-26,28H,3-6,8-10,13-19H2,1-2H3,(H,33,35);5,8,20,22-26,36H,3-4,6-7,9-19H2,1-2H3,(H,32,35);5,9-10,20,22-25,27H,3-4,6-8,11-19H2,1-2H3,(H,32,35)/t23-,24+,25+,26-,28+,31+,32-;22-,23+,24-,25+,26-,29+,30-,31+;22-,23+,24+,25-,27+,30+,31-/m111/s1. The van der Waals surface area contributed by atoms with Gasteiger partial charge in [-0.25, -0.2) is 28.8 Å². The van der Waals surface area contributed by atoms with Crippen LogP contribution in [0, 0.1) is 91.7 Å². The number of carbonyl (C=O) groups excluding carboxylic acids is 3. The third kappa shape index (κ3) is 15.5. The molecule has 614 valence electrons. The highest BCUT2D eigenvalue weighted by molar-refractivity contribution is 5.68. The van der Waals surface area contributed by atoms with Crippen LogP contribution in [0.25, 0.3) is 0 Å². The average Bonchev–Trinajstić information content (AvgIpc) is 1.47. The fraction of sp³-hybridized carbons (Fsp3) is 0.766. The third-order valence-corrected chi connectivity index (χ3v) is 35.1. The summed E-state index contributed by atoms with van der Waals surface area (Å²) in [5.41, 5.74) is 6.19. The molecule has 3 amide bonds. The van der Waals surface area contributed by atoms with E-state index in [1.807, 2.05) is 18.2 Å². The number of carbonyl (C=O) groups is 3. The fourth-order valence-electron chi connectivity index (χ4n) is 28.7. The van der Waals surface area contributed by atoms with Gasteiger partial charge in [-0.15, -0.1) is 0 Å². The summed E-state index contributed by atoms with van der Waals surface area (Å²) >= 11 is 0. The van der Waals surface area contributed by atoms with Gasteiger partial charge in [-0.2, -0.15) is 0 Å². The van der Waals surface area contributed by atoms with Crippen molar-refractivity contribution < 1.29 is 47.0 Å². The van der Waals surface area contributed by atoms with Crippen LogP contribution in [0.4, 0.5) is 14.4 Å². The molecule has 0 radical (unpaired) electrons. The highest BCUT2D eigenvalue weighted by Crippen LogP contribution is 2.73. The van der Waals surface area contributed by atoms with E-state index in [1.165, 1.54) is 120 Å². The molecule has 11 saturated carbocycles. The van der Waals surface area contributed by atoms with Gasteiger partial charge in [0, 0.05) is 56.3 Å². The summed E-state index contributed by atoms with van der Waals surface area (Å²) in [4.78, 5) is 76.9. The molecule has 0 spiro atoms. The van der Waals surface area contributed by atoms with Gasteiger partial charge < -0.3 is 58.3 Å². The Balaban J connectivity index is 0.000000127. The van der Waals surface area contributed by atoms with E-state index in [0.29, 0.717) is 83.1 Å². The average molecular weight is 1540 g/mol. The number of rotatable bonds is 15. The normalized spacial score (nSPS) is 40.4. The van der Waals surface area contributed by atoms with Crippen molar-refractivity contribution in [3.05, 3.63) is 126 Å². The zero-order valence-electron chi connectivity index (χ0n) is 68.7. The van der Waals surface area contributed by atoms with Gasteiger partial charge in [-0.3, -0.25) is 0 Å². The summed E-state index contributed by atoms with van der Waals surface area (Å²) in [6.45, 7) is 23.3. The number of allylic oxidation sites excluding steroid dienone is 4. The topological polar surface area (TPSA) is 232 Å². The first kappa shape index (κ1) is 79.8. The lowest BCUT2D eigenvalue weighted by Crippen LogP contribution is -2.62. The van der Waals surface area contributed by atoms with Crippen LogP contribution in [0.2, 0.25) is 0 Å². The Morgan fingerprint density at radius 2 is 0.830 bits per heavy atom. The van der Waals surface area contributed by atoms with Crippen molar-refractivity contribution in [2.75, 3.05) is 58.9 Å². The zero-order valence-corrected chi connectivity index (χ0v) is 68.7. The van der Waals surface area contributed by atoms with Gasteiger partial charge in [0.1, 0.15) is 18.3 Å². The quantitative estimate of drug-likeness (QED) is 0.0819. The molecule has 18 nitrogen and oxygen atoms in total. The Kier molecular flexibility index (Phi) is 23.4. The molecule has 2 aliphatic heterocycles. The number of nitrogens with one attached hydrogen (secondary N) is 3. The summed E-state index contributed by atoms with van der Waals surface area (Å²) in [6.07, 6.45) is 48.3. The lowest BCUT2D eigenvalue weighted by atomic mass is 9.43. The first-order valence-electron chi connectivity index (χ1n) is 45.1. The fourth-order valence-corrected chi connectivity index (χ4v) is 28.7. The van der Waals surface area contributed by atoms with E-state index in [0.717, 1.165) is 179 Å². The Morgan fingerprint density at radius 3 is 1.26 bits per heavy atom. The maximum Gasteiger partial charge on any atom is 0.407 e. The van der Waals surface area contributed by atoms with Crippen molar-refractivity contribution in [2.45, 2.75) is 302 Å². The van der Waals surface area contributed by atoms with Crippen LogP contribution in [0.5, 0.6) is 0 Å². The number of hydrogen-bond acceptors (Lipinski definition) is 15. The van der Waals surface area contributed by atoms with Crippen molar-refractivity contribution in [3.63, 3.8) is 0 Å². The molecule has 15 aliphatic rings. The lowest BCUT2D eigenvalue weighted by Gasteiger charge is -2.63. The number of aliphatic hydroxyl groups is 1. The van der Waals surface area contributed by atoms with Crippen LogP contribution in [0.15, 0.2) is 106 Å². The van der Waals surface area contributed by atoms with Crippen molar-refractivity contribution in [2.24, 2.45) is 91.7 Å². The first-order chi connectivity index (χ1) is 54.0. The smallest absolute Gasteiger partial charge is 0.407 e. The van der Waals surface area contributed by atoms with E-state index < -0.39 is 5.60 Å². The highest BCUT2D eigenvalue weighted by atomic mass is 16.6. The molecule has 112 heavy (non-hydrogen) atoms. The van der Waals surface area contributed by atoms with E-state index in [-0.39, 0.29) is 81.0 Å². The van der Waals surface area contributed by atoms with Gasteiger partial charge in [0.25, 0.3) is 0 Å². The Bertz CT molecular complexity index is 3840. The second-order valence-corrected chi connectivity index (χ2v) is 40.1. The van der Waals surface area contributed by atoms with Gasteiger partial charge >= 0.3 is 35.2 Å². The second kappa shape index (κ2) is 32.8. The SMILES string of the molecule is C[C@]12CC[C@H](OC(=O)NCCC3CCCC3)C[C@H]1CC[C@H]1C3=CC[C@H](c4ccc(=O)oc4)[C@@]3(C)CC[C@@H]12.C[C@]12CC[C@H](OC(=O)NCCN3CCCC3)C[C@H]1CC[C@@H]1[C@@H]2CC[C@]2(C)[C@@H](c3ccc(=O)oc3)CC[C@]12O.C[C@]12CC[C@H](OC(=O)NCCN3CCCC3)C[C@H]1CC[C@H]1C3=CC[C@H](c4ccc(=O)oc4)[C@@]3(C)CC[C@@H]12. The molecule has 22 atom stereocenters. The van der Waals surface area contributed by atoms with Gasteiger partial charge in [0.2, 0.25) is 0 Å². The zero-order chi connectivity index (χ0) is 77.8. The van der Waals surface area contributed by atoms with Crippen LogP contribution in [-0.2, 0) is 14.2 Å². The molecule has 18 heteroatoms. The first-order valence-corrected chi connectivity index (χ1v) is 45.1. The molecule has 5 heterocycles. The van der Waals surface area contributed by atoms with Crippen molar-refractivity contribution in [1.82, 2.24) is 25.8 Å². The molecule has 0 aromatic carbocycles. The molecule has 3 aromatic heterocycles. The second-order valence-electron chi connectivity index (χ2n) is 40.1. The van der Waals surface area contributed by atoms with E-state index in [1.54, 1.807) is 42.1 Å². The summed E-state index contributed by atoms with van der Waals surface area (Å²) < 4.78 is 33.5. The van der Waals surface area contributed by atoms with E-state index in [2.05, 4.69) is 79.4 Å². The van der Waals surface area contributed by atoms with Gasteiger partial charge in [0.05, 0.1) is 24.4 Å². The summed E-state index contributed by atoms with van der Waals surface area (Å²) in [7, 11) is 0. The largest absolute Gasteiger partial charge is 0.446 e. The minimum atomic E-state index is -0.687. The number of ether oxygens (including phenoxy) is 3. The Hall–Kier alpha value is -5.98. The van der Waals surface area contributed by atoms with E-state index in [4.69, 9.17) is 27.5 Å². The number of nitrogens with zero attached hydrogens (tertiary/aromatic N) is 2. The predicted octanol–water partition coefficient (Wildman–Crippen LogP) is 18.3. The predicted molar refractivity (Wildman–Crippen MR) is 432 cm³/mol. The minimum absolute atomic E-state index is 0.00282. The molecule has 18 rings (SSSR count). The molecule has 13 aliphatic carbocycles. The minimum Gasteiger partial charge on any atom is -0.446 e. The monoisotopic (exact) mass is 1540 g/mol. The summed E-state index contributed by atoms with van der Waals surface area (Å²) in [6, 6.07) is 10.5. The Labute approximate surface area is 666 Å². The van der Waals surface area contributed by atoms with E-state index in [9.17, 15) is 33.9 Å². The molecule has 0 unspecified atom stereocenters. The summed E-state index contributed by atoms with van der Waals surface area (Å²) in [5, 5.41) is 21.4. The third-order valence-electron chi connectivity index (χ3n) is 35.1. The number of alkyl carbamates (subject to hydrolysis) is 3. The molecule has 13 fully saturated rings. The summed E-state index contributed by atoms with van der Waals surface area (Å²) in [5.74, 6) is 7.21. The maximum absolute atomic E-state index is 12.5. The number of fused-ring (bicyclic) bond motifs is 15.